The third-order valence-electron chi connectivity index (χ3n) is 5.01. The summed E-state index contributed by atoms with van der Waals surface area (Å²) in [5.74, 6) is -2.03. The number of hydrogen-bond acceptors (Lipinski definition) is 5. The fourth-order valence-electron chi connectivity index (χ4n) is 3.42. The molecule has 33 heavy (non-hydrogen) atoms. The molecule has 1 aliphatic rings. The van der Waals surface area contributed by atoms with Crippen LogP contribution in [0.25, 0.3) is 0 Å². The summed E-state index contributed by atoms with van der Waals surface area (Å²) >= 11 is 5.98. The summed E-state index contributed by atoms with van der Waals surface area (Å²) in [6.45, 7) is 2.37. The van der Waals surface area contributed by atoms with Gasteiger partial charge in [-0.25, -0.2) is 9.59 Å². The van der Waals surface area contributed by atoms with Gasteiger partial charge in [-0.15, -0.1) is 0 Å². The Morgan fingerprint density at radius 2 is 1.79 bits per heavy atom. The highest BCUT2D eigenvalue weighted by molar-refractivity contribution is 6.30. The molecule has 0 bridgehead atoms. The van der Waals surface area contributed by atoms with E-state index in [4.69, 9.17) is 21.8 Å². The van der Waals surface area contributed by atoms with Crippen LogP contribution >= 0.6 is 11.6 Å². The SMILES string of the molecule is CN(C)CCC1Cc2ncccc2C(=O)N(Cc2ccc(Cl)cc2)C1.O=C(O)/C=C/C(=O)O. The first kappa shape index (κ1) is 26.0. The second-order valence-corrected chi connectivity index (χ2v) is 8.42. The molecule has 0 radical (unpaired) electrons. The highest BCUT2D eigenvalue weighted by Gasteiger charge is 2.28. The van der Waals surface area contributed by atoms with Gasteiger partial charge >= 0.3 is 11.9 Å². The minimum Gasteiger partial charge on any atom is -0.478 e. The number of carbonyl (C=O) groups is 3. The molecule has 1 aromatic heterocycles. The molecule has 0 saturated heterocycles. The Balaban J connectivity index is 0.000000414. The third kappa shape index (κ3) is 9.03. The number of fused-ring (bicyclic) bond motifs is 1. The van der Waals surface area contributed by atoms with Crippen molar-refractivity contribution < 1.29 is 24.6 Å². The number of nitrogens with zero attached hydrogens (tertiary/aromatic N) is 3. The highest BCUT2D eigenvalue weighted by Crippen LogP contribution is 2.24. The third-order valence-corrected chi connectivity index (χ3v) is 5.26. The van der Waals surface area contributed by atoms with Gasteiger partial charge in [0.15, 0.2) is 0 Å². The lowest BCUT2D eigenvalue weighted by Crippen LogP contribution is -2.34. The zero-order valence-electron chi connectivity index (χ0n) is 18.6. The standard InChI is InChI=1S/C20H24ClN3O.C4H4O4/c1-23(2)11-9-16-12-19-18(4-3-10-22-19)20(25)24(14-16)13-15-5-7-17(21)8-6-15;5-3(6)1-2-4(7)8/h3-8,10,16H,9,11-14H2,1-2H3;1-2H,(H,5,6)(H,7,8)/b;2-1+. The van der Waals surface area contributed by atoms with Gasteiger partial charge in [0.2, 0.25) is 0 Å². The van der Waals surface area contributed by atoms with E-state index in [9.17, 15) is 14.4 Å². The zero-order valence-corrected chi connectivity index (χ0v) is 19.4. The smallest absolute Gasteiger partial charge is 0.328 e. The molecule has 1 aliphatic heterocycles. The molecular weight excluding hydrogens is 446 g/mol. The van der Waals surface area contributed by atoms with E-state index in [0.717, 1.165) is 42.8 Å². The Labute approximate surface area is 198 Å². The van der Waals surface area contributed by atoms with Gasteiger partial charge in [0.1, 0.15) is 0 Å². The van der Waals surface area contributed by atoms with Gasteiger partial charge in [0.05, 0.1) is 11.3 Å². The maximum Gasteiger partial charge on any atom is 0.328 e. The molecule has 2 aromatic rings. The molecule has 3 rings (SSSR count). The molecule has 1 amide bonds. The van der Waals surface area contributed by atoms with E-state index in [0.29, 0.717) is 29.6 Å². The number of pyridine rings is 1. The van der Waals surface area contributed by atoms with Gasteiger partial charge in [-0.1, -0.05) is 23.7 Å². The zero-order chi connectivity index (χ0) is 24.4. The molecule has 0 fully saturated rings. The first-order valence-electron chi connectivity index (χ1n) is 10.4. The van der Waals surface area contributed by atoms with Gasteiger partial charge in [-0.05, 0) is 69.2 Å². The van der Waals surface area contributed by atoms with Crippen LogP contribution in [-0.2, 0) is 22.6 Å². The summed E-state index contributed by atoms with van der Waals surface area (Å²) in [7, 11) is 4.17. The number of halogens is 1. The average Bonchev–Trinajstić information content (AvgIpc) is 2.89. The van der Waals surface area contributed by atoms with Crippen molar-refractivity contribution in [2.45, 2.75) is 19.4 Å². The molecule has 0 saturated carbocycles. The Morgan fingerprint density at radius 3 is 2.36 bits per heavy atom. The topological polar surface area (TPSA) is 111 Å². The number of carboxylic acids is 2. The lowest BCUT2D eigenvalue weighted by atomic mass is 9.98. The van der Waals surface area contributed by atoms with Crippen LogP contribution in [0.1, 0.15) is 28.0 Å². The number of amides is 1. The molecule has 9 heteroatoms. The van der Waals surface area contributed by atoms with Crippen LogP contribution in [0.5, 0.6) is 0 Å². The summed E-state index contributed by atoms with van der Waals surface area (Å²) in [4.78, 5) is 40.8. The average molecular weight is 474 g/mol. The summed E-state index contributed by atoms with van der Waals surface area (Å²) in [5, 5.41) is 16.3. The normalized spacial score (nSPS) is 15.6. The maximum absolute atomic E-state index is 13.0. The minimum atomic E-state index is -1.26. The summed E-state index contributed by atoms with van der Waals surface area (Å²) in [6.07, 6.45) is 4.80. The molecule has 2 N–H and O–H groups in total. The lowest BCUT2D eigenvalue weighted by molar-refractivity contribution is -0.134. The van der Waals surface area contributed by atoms with Crippen molar-refractivity contribution in [1.82, 2.24) is 14.8 Å². The number of aliphatic carboxylic acids is 2. The fourth-order valence-corrected chi connectivity index (χ4v) is 3.55. The van der Waals surface area contributed by atoms with Gasteiger partial charge in [0.25, 0.3) is 5.91 Å². The number of rotatable bonds is 7. The van der Waals surface area contributed by atoms with Gasteiger partial charge in [-0.3, -0.25) is 9.78 Å². The minimum absolute atomic E-state index is 0.0744. The lowest BCUT2D eigenvalue weighted by Gasteiger charge is -2.25. The predicted molar refractivity (Wildman–Crippen MR) is 125 cm³/mol. The second-order valence-electron chi connectivity index (χ2n) is 7.98. The Kier molecular flexibility index (Phi) is 10.0. The van der Waals surface area contributed by atoms with Crippen molar-refractivity contribution in [1.29, 1.82) is 0 Å². The summed E-state index contributed by atoms with van der Waals surface area (Å²) < 4.78 is 0. The second kappa shape index (κ2) is 12.7. The van der Waals surface area contributed by atoms with Crippen molar-refractivity contribution in [2.75, 3.05) is 27.2 Å². The molecule has 176 valence electrons. The highest BCUT2D eigenvalue weighted by atomic mass is 35.5. The van der Waals surface area contributed by atoms with Crippen LogP contribution in [-0.4, -0.2) is 70.0 Å². The molecule has 1 aromatic carbocycles. The van der Waals surface area contributed by atoms with E-state index in [-0.39, 0.29) is 5.91 Å². The van der Waals surface area contributed by atoms with E-state index in [1.54, 1.807) is 6.20 Å². The molecule has 8 nitrogen and oxygen atoms in total. The molecule has 1 atom stereocenters. The number of aromatic nitrogens is 1. The van der Waals surface area contributed by atoms with Crippen molar-refractivity contribution in [3.8, 4) is 0 Å². The van der Waals surface area contributed by atoms with Gasteiger partial charge in [0, 0.05) is 36.5 Å². The predicted octanol–water partition coefficient (Wildman–Crippen LogP) is 3.21. The molecule has 1 unspecified atom stereocenters. The van der Waals surface area contributed by atoms with Crippen molar-refractivity contribution in [3.05, 3.63) is 76.6 Å². The van der Waals surface area contributed by atoms with E-state index in [1.165, 1.54) is 0 Å². The first-order chi connectivity index (χ1) is 15.7. The van der Waals surface area contributed by atoms with Gasteiger partial charge < -0.3 is 20.0 Å². The first-order valence-corrected chi connectivity index (χ1v) is 10.8. The molecule has 0 aliphatic carbocycles. The number of carbonyl (C=O) groups excluding carboxylic acids is 1. The molecular formula is C24H28ClN3O5. The van der Waals surface area contributed by atoms with Crippen LogP contribution in [0, 0.1) is 5.92 Å². The largest absolute Gasteiger partial charge is 0.478 e. The monoisotopic (exact) mass is 473 g/mol. The van der Waals surface area contributed by atoms with Crippen LogP contribution in [0.3, 0.4) is 0 Å². The maximum atomic E-state index is 13.0. The summed E-state index contributed by atoms with van der Waals surface area (Å²) in [5.41, 5.74) is 2.76. The van der Waals surface area contributed by atoms with Crippen LogP contribution < -0.4 is 0 Å². The number of benzene rings is 1. The van der Waals surface area contributed by atoms with Crippen molar-refractivity contribution in [3.63, 3.8) is 0 Å². The number of carboxylic acid groups (broad SMARTS) is 2. The van der Waals surface area contributed by atoms with Crippen LogP contribution in [0.2, 0.25) is 5.02 Å². The Bertz CT molecular complexity index is 976. The van der Waals surface area contributed by atoms with E-state index < -0.39 is 11.9 Å². The van der Waals surface area contributed by atoms with Gasteiger partial charge in [-0.2, -0.15) is 0 Å². The van der Waals surface area contributed by atoms with Crippen molar-refractivity contribution >= 4 is 29.4 Å². The van der Waals surface area contributed by atoms with E-state index >= 15 is 0 Å². The molecule has 2 heterocycles. The number of hydrogen-bond donors (Lipinski definition) is 2. The van der Waals surface area contributed by atoms with E-state index in [2.05, 4.69) is 24.0 Å². The molecule has 0 spiro atoms. The Hall–Kier alpha value is -3.23. The van der Waals surface area contributed by atoms with Crippen LogP contribution in [0.15, 0.2) is 54.7 Å². The summed E-state index contributed by atoms with van der Waals surface area (Å²) in [6, 6.07) is 11.5. The quantitative estimate of drug-likeness (QED) is 0.594. The fraction of sp³-hybridized carbons (Fsp3) is 0.333. The van der Waals surface area contributed by atoms with E-state index in [1.807, 2.05) is 41.3 Å². The van der Waals surface area contributed by atoms with Crippen molar-refractivity contribution in [2.24, 2.45) is 5.92 Å². The van der Waals surface area contributed by atoms with Crippen LogP contribution in [0.4, 0.5) is 0 Å². The Morgan fingerprint density at radius 1 is 1.15 bits per heavy atom.